The van der Waals surface area contributed by atoms with Gasteiger partial charge in [-0.1, -0.05) is 0 Å². The number of H-pyrrole nitrogens is 1. The van der Waals surface area contributed by atoms with E-state index in [1.54, 1.807) is 41.9 Å². The molecule has 0 radical (unpaired) electrons. The molecule has 1 amide bonds. The van der Waals surface area contributed by atoms with Crippen molar-refractivity contribution in [2.45, 2.75) is 19.9 Å². The lowest BCUT2D eigenvalue weighted by Crippen LogP contribution is -2.29. The first-order valence-electron chi connectivity index (χ1n) is 8.57. The summed E-state index contributed by atoms with van der Waals surface area (Å²) >= 11 is 3.06. The first-order chi connectivity index (χ1) is 13.5. The highest BCUT2D eigenvalue weighted by Gasteiger charge is 2.17. The molecule has 0 fully saturated rings. The van der Waals surface area contributed by atoms with Crippen molar-refractivity contribution >= 4 is 38.8 Å². The van der Waals surface area contributed by atoms with Gasteiger partial charge in [0, 0.05) is 40.1 Å². The van der Waals surface area contributed by atoms with Crippen molar-refractivity contribution in [3.63, 3.8) is 0 Å². The van der Waals surface area contributed by atoms with Crippen LogP contribution in [0.2, 0.25) is 0 Å². The lowest BCUT2D eigenvalue weighted by Gasteiger charge is -2.16. The van der Waals surface area contributed by atoms with Gasteiger partial charge in [-0.15, -0.1) is 22.7 Å². The standard InChI is InChI=1S/C19H17N5O2S2/c1-11-3-4-14(28-11)13-10-27-19-17(13)18(26)22-15(23-19)7-16(25)24(2)9-12-8-20-5-6-21-12/h3-6,8,10H,7,9H2,1-2H3,(H,22,23,26). The maximum Gasteiger partial charge on any atom is 0.260 e. The molecule has 1 N–H and O–H groups in total. The Morgan fingerprint density at radius 3 is 2.86 bits per heavy atom. The van der Waals surface area contributed by atoms with E-state index in [1.807, 2.05) is 24.4 Å². The van der Waals surface area contributed by atoms with Crippen LogP contribution in [-0.4, -0.2) is 37.8 Å². The zero-order valence-electron chi connectivity index (χ0n) is 15.3. The zero-order valence-corrected chi connectivity index (χ0v) is 16.9. The quantitative estimate of drug-likeness (QED) is 0.545. The second-order valence-electron chi connectivity index (χ2n) is 6.38. The minimum Gasteiger partial charge on any atom is -0.339 e. The second-order valence-corrected chi connectivity index (χ2v) is 8.52. The fourth-order valence-electron chi connectivity index (χ4n) is 2.86. The molecule has 4 rings (SSSR count). The van der Waals surface area contributed by atoms with Crippen molar-refractivity contribution in [1.29, 1.82) is 0 Å². The van der Waals surface area contributed by atoms with Crippen molar-refractivity contribution in [1.82, 2.24) is 24.8 Å². The largest absolute Gasteiger partial charge is 0.339 e. The molecule has 0 saturated carbocycles. The predicted octanol–water partition coefficient (Wildman–Crippen LogP) is 3.01. The molecule has 0 bridgehead atoms. The van der Waals surface area contributed by atoms with Gasteiger partial charge in [-0.2, -0.15) is 0 Å². The minimum atomic E-state index is -0.216. The molecular weight excluding hydrogens is 394 g/mol. The summed E-state index contributed by atoms with van der Waals surface area (Å²) in [5.41, 5.74) is 1.38. The summed E-state index contributed by atoms with van der Waals surface area (Å²) in [4.78, 5) is 45.1. The van der Waals surface area contributed by atoms with E-state index in [0.29, 0.717) is 28.3 Å². The van der Waals surface area contributed by atoms with Crippen LogP contribution < -0.4 is 5.56 Å². The zero-order chi connectivity index (χ0) is 19.7. The predicted molar refractivity (Wildman–Crippen MR) is 111 cm³/mol. The number of nitrogens with one attached hydrogen (secondary N) is 1. The summed E-state index contributed by atoms with van der Waals surface area (Å²) in [7, 11) is 1.69. The number of rotatable bonds is 5. The summed E-state index contributed by atoms with van der Waals surface area (Å²) in [6.07, 6.45) is 4.81. The Morgan fingerprint density at radius 2 is 2.14 bits per heavy atom. The molecule has 9 heteroatoms. The minimum absolute atomic E-state index is 0.0211. The van der Waals surface area contributed by atoms with E-state index in [2.05, 4.69) is 19.9 Å². The number of aryl methyl sites for hydroxylation is 1. The Hall–Kier alpha value is -2.91. The Morgan fingerprint density at radius 1 is 1.29 bits per heavy atom. The molecule has 4 heterocycles. The molecule has 0 aliphatic rings. The molecule has 7 nitrogen and oxygen atoms in total. The number of carbonyl (C=O) groups is 1. The Labute approximate surface area is 168 Å². The molecule has 0 saturated heterocycles. The highest BCUT2D eigenvalue weighted by atomic mass is 32.1. The van der Waals surface area contributed by atoms with Gasteiger partial charge in [-0.25, -0.2) is 4.98 Å². The van der Waals surface area contributed by atoms with Gasteiger partial charge >= 0.3 is 0 Å². The maximum atomic E-state index is 12.7. The molecule has 0 atom stereocenters. The van der Waals surface area contributed by atoms with Gasteiger partial charge in [0.1, 0.15) is 10.7 Å². The van der Waals surface area contributed by atoms with Gasteiger partial charge in [-0.05, 0) is 19.1 Å². The number of aromatic amines is 1. The van der Waals surface area contributed by atoms with Crippen molar-refractivity contribution in [3.8, 4) is 10.4 Å². The number of hydrogen-bond acceptors (Lipinski definition) is 7. The highest BCUT2D eigenvalue weighted by Crippen LogP contribution is 2.34. The van der Waals surface area contributed by atoms with Crippen LogP contribution in [0.5, 0.6) is 0 Å². The van der Waals surface area contributed by atoms with E-state index in [-0.39, 0.29) is 17.9 Å². The molecule has 0 aliphatic carbocycles. The van der Waals surface area contributed by atoms with E-state index in [1.165, 1.54) is 16.2 Å². The van der Waals surface area contributed by atoms with Gasteiger partial charge in [0.2, 0.25) is 5.91 Å². The lowest BCUT2D eigenvalue weighted by atomic mass is 10.2. The van der Waals surface area contributed by atoms with Crippen LogP contribution in [0.25, 0.3) is 20.7 Å². The third-order valence-electron chi connectivity index (χ3n) is 4.26. The van der Waals surface area contributed by atoms with Crippen LogP contribution in [-0.2, 0) is 17.8 Å². The van der Waals surface area contributed by atoms with Crippen LogP contribution in [0.1, 0.15) is 16.4 Å². The van der Waals surface area contributed by atoms with Gasteiger partial charge in [0.15, 0.2) is 0 Å². The topological polar surface area (TPSA) is 91.8 Å². The van der Waals surface area contributed by atoms with Gasteiger partial charge in [0.05, 0.1) is 30.2 Å². The average Bonchev–Trinajstić information content (AvgIpc) is 3.28. The summed E-state index contributed by atoms with van der Waals surface area (Å²) in [6, 6.07) is 4.05. The average molecular weight is 412 g/mol. The van der Waals surface area contributed by atoms with E-state index < -0.39 is 0 Å². The monoisotopic (exact) mass is 411 g/mol. The Kier molecular flexibility index (Phi) is 5.01. The summed E-state index contributed by atoms with van der Waals surface area (Å²) in [6.45, 7) is 2.38. The molecule has 4 aromatic rings. The fraction of sp³-hybridized carbons (Fsp3) is 0.211. The third-order valence-corrected chi connectivity index (χ3v) is 6.17. The third kappa shape index (κ3) is 3.71. The number of hydrogen-bond donors (Lipinski definition) is 1. The van der Waals surface area contributed by atoms with Crippen molar-refractivity contribution in [2.75, 3.05) is 7.05 Å². The van der Waals surface area contributed by atoms with Gasteiger partial charge in [-0.3, -0.25) is 19.6 Å². The number of amides is 1. The van der Waals surface area contributed by atoms with Crippen molar-refractivity contribution in [3.05, 3.63) is 62.9 Å². The van der Waals surface area contributed by atoms with Crippen molar-refractivity contribution in [2.24, 2.45) is 0 Å². The summed E-state index contributed by atoms with van der Waals surface area (Å²) in [5.74, 6) is 0.211. The molecule has 142 valence electrons. The molecule has 0 spiro atoms. The highest BCUT2D eigenvalue weighted by molar-refractivity contribution is 7.19. The number of carbonyl (C=O) groups excluding carboxylic acids is 1. The lowest BCUT2D eigenvalue weighted by molar-refractivity contribution is -0.129. The van der Waals surface area contributed by atoms with Crippen LogP contribution in [0.15, 0.2) is 40.9 Å². The second kappa shape index (κ2) is 7.61. The van der Waals surface area contributed by atoms with Crippen molar-refractivity contribution < 1.29 is 4.79 Å². The fourth-order valence-corrected chi connectivity index (χ4v) is 4.78. The van der Waals surface area contributed by atoms with Crippen LogP contribution in [0.4, 0.5) is 0 Å². The van der Waals surface area contributed by atoms with E-state index in [0.717, 1.165) is 10.4 Å². The first-order valence-corrected chi connectivity index (χ1v) is 10.3. The van der Waals surface area contributed by atoms with E-state index in [9.17, 15) is 9.59 Å². The van der Waals surface area contributed by atoms with Gasteiger partial charge in [0.25, 0.3) is 5.56 Å². The molecule has 28 heavy (non-hydrogen) atoms. The van der Waals surface area contributed by atoms with Gasteiger partial charge < -0.3 is 9.88 Å². The van der Waals surface area contributed by atoms with Crippen LogP contribution in [0, 0.1) is 6.92 Å². The Balaban J connectivity index is 1.56. The summed E-state index contributed by atoms with van der Waals surface area (Å²) in [5, 5.41) is 2.53. The molecular formula is C19H17N5O2S2. The number of nitrogens with zero attached hydrogens (tertiary/aromatic N) is 4. The first kappa shape index (κ1) is 18.5. The molecule has 0 unspecified atom stereocenters. The number of fused-ring (bicyclic) bond motifs is 1. The Bertz CT molecular complexity index is 1200. The van der Waals surface area contributed by atoms with E-state index in [4.69, 9.17) is 0 Å². The van der Waals surface area contributed by atoms with E-state index >= 15 is 0 Å². The number of likely N-dealkylation sites (N-methyl/N-ethyl adjacent to an activating group) is 1. The maximum absolute atomic E-state index is 12.7. The number of aromatic nitrogens is 4. The normalized spacial score (nSPS) is 11.1. The van der Waals surface area contributed by atoms with Crippen LogP contribution in [0.3, 0.4) is 0 Å². The number of thiophene rings is 2. The molecule has 4 aromatic heterocycles. The smallest absolute Gasteiger partial charge is 0.260 e. The SMILES string of the molecule is Cc1ccc(-c2csc3nc(CC(=O)N(C)Cc4cnccn4)[nH]c(=O)c23)s1. The summed E-state index contributed by atoms with van der Waals surface area (Å²) < 4.78 is 0. The molecule has 0 aromatic carbocycles. The molecule has 0 aliphatic heterocycles. The van der Waals surface area contributed by atoms with Crippen LogP contribution >= 0.6 is 22.7 Å².